The summed E-state index contributed by atoms with van der Waals surface area (Å²) in [6, 6.07) is 2.14. The minimum atomic E-state index is -0.178. The van der Waals surface area contributed by atoms with Crippen LogP contribution in [0.3, 0.4) is 0 Å². The lowest BCUT2D eigenvalue weighted by molar-refractivity contribution is -0.0409. The van der Waals surface area contributed by atoms with Gasteiger partial charge >= 0.3 is 18.3 Å². The third-order valence-electron chi connectivity index (χ3n) is 11.9. The maximum absolute atomic E-state index is 12.5. The zero-order valence-electron chi connectivity index (χ0n) is 28.4. The molecule has 3 amide bonds. The Bertz CT molecular complexity index is 1020. The first-order valence-corrected chi connectivity index (χ1v) is 18.7. The summed E-state index contributed by atoms with van der Waals surface area (Å²) in [5.41, 5.74) is 0. The Labute approximate surface area is 276 Å². The monoisotopic (exact) mass is 645 g/mol. The molecule has 2 aliphatic carbocycles. The van der Waals surface area contributed by atoms with Crippen molar-refractivity contribution in [2.45, 2.75) is 140 Å². The van der Waals surface area contributed by atoms with Crippen molar-refractivity contribution in [3.05, 3.63) is 0 Å². The van der Waals surface area contributed by atoms with Crippen molar-refractivity contribution < 1.29 is 28.6 Å². The van der Waals surface area contributed by atoms with E-state index in [9.17, 15) is 14.4 Å². The predicted molar refractivity (Wildman–Crippen MR) is 175 cm³/mol. The summed E-state index contributed by atoms with van der Waals surface area (Å²) in [4.78, 5) is 45.3. The Kier molecular flexibility index (Phi) is 11.5. The van der Waals surface area contributed by atoms with Crippen molar-refractivity contribution >= 4 is 18.3 Å². The van der Waals surface area contributed by atoms with Crippen LogP contribution in [0.25, 0.3) is 0 Å². The largest absolute Gasteiger partial charge is 0.449 e. The first-order chi connectivity index (χ1) is 22.4. The zero-order chi connectivity index (χ0) is 32.0. The molecule has 5 heterocycles. The topological polar surface area (TPSA) is 104 Å². The van der Waals surface area contributed by atoms with Crippen LogP contribution in [0.1, 0.15) is 104 Å². The van der Waals surface area contributed by atoms with E-state index in [1.165, 1.54) is 44.9 Å². The third kappa shape index (κ3) is 7.88. The molecule has 0 aromatic rings. The summed E-state index contributed by atoms with van der Waals surface area (Å²) in [6.07, 6.45) is 15.7. The van der Waals surface area contributed by atoms with Gasteiger partial charge in [-0.25, -0.2) is 14.4 Å². The summed E-state index contributed by atoms with van der Waals surface area (Å²) in [5.74, 6) is 1.13. The number of cyclic esters (lactones) is 2. The molecule has 7 rings (SSSR count). The van der Waals surface area contributed by atoms with Crippen molar-refractivity contribution in [1.82, 2.24) is 24.9 Å². The summed E-state index contributed by atoms with van der Waals surface area (Å²) in [6.45, 7) is 10.8. The fourth-order valence-corrected chi connectivity index (χ4v) is 9.42. The molecule has 0 unspecified atom stereocenters. The van der Waals surface area contributed by atoms with Gasteiger partial charge in [-0.1, -0.05) is 25.7 Å². The van der Waals surface area contributed by atoms with Gasteiger partial charge in [-0.05, 0) is 91.1 Å². The van der Waals surface area contributed by atoms with E-state index in [1.807, 2.05) is 18.7 Å². The van der Waals surface area contributed by atoms with Gasteiger partial charge in [0.25, 0.3) is 0 Å². The van der Waals surface area contributed by atoms with E-state index in [-0.39, 0.29) is 24.4 Å². The predicted octanol–water partition coefficient (Wildman–Crippen LogP) is 5.22. The second-order valence-corrected chi connectivity index (χ2v) is 15.1. The molecule has 7 fully saturated rings. The van der Waals surface area contributed by atoms with E-state index in [1.54, 1.807) is 0 Å². The van der Waals surface area contributed by atoms with Gasteiger partial charge in [-0.2, -0.15) is 0 Å². The van der Waals surface area contributed by atoms with Crippen LogP contribution in [0.5, 0.6) is 0 Å². The number of piperidine rings is 3. The molecule has 0 radical (unpaired) electrons. The maximum atomic E-state index is 12.5. The summed E-state index contributed by atoms with van der Waals surface area (Å²) in [5, 5.41) is 3.36. The summed E-state index contributed by atoms with van der Waals surface area (Å²) in [7, 11) is 0. The summed E-state index contributed by atoms with van der Waals surface area (Å²) < 4.78 is 16.3. The number of amides is 3. The zero-order valence-corrected chi connectivity index (χ0v) is 28.4. The molecule has 7 aliphatic rings. The molecule has 5 saturated heterocycles. The van der Waals surface area contributed by atoms with Crippen molar-refractivity contribution in [2.75, 3.05) is 52.5 Å². The number of hydrogen-bond donors (Lipinski definition) is 1. The fraction of sp³-hybridized carbons (Fsp3) is 0.914. The number of rotatable bonds is 4. The molecule has 11 nitrogen and oxygen atoms in total. The number of hydrogen-bond acceptors (Lipinski definition) is 8. The molecule has 2 saturated carbocycles. The molecule has 0 aromatic heterocycles. The van der Waals surface area contributed by atoms with Crippen molar-refractivity contribution in [3.63, 3.8) is 0 Å². The van der Waals surface area contributed by atoms with E-state index in [2.05, 4.69) is 20.0 Å². The van der Waals surface area contributed by atoms with Gasteiger partial charge in [0, 0.05) is 68.2 Å². The van der Waals surface area contributed by atoms with Gasteiger partial charge in [-0.15, -0.1) is 0 Å². The minimum Gasteiger partial charge on any atom is -0.449 e. The van der Waals surface area contributed by atoms with Gasteiger partial charge in [0.2, 0.25) is 0 Å². The number of carbonyl (C=O) groups is 3. The number of ether oxygens (including phenoxy) is 3. The molecule has 11 heteroatoms. The number of nitrogens with one attached hydrogen (secondary N) is 1. The first-order valence-electron chi connectivity index (χ1n) is 18.7. The van der Waals surface area contributed by atoms with Crippen molar-refractivity contribution in [1.29, 1.82) is 0 Å². The SMILES string of the molecule is CC(C)OC(=O)N1CCC(N2CCC(N3C(=O)OC[C@H]4CCCC[C@@H]43)CC2)CC1.O=C1OC[C@H]2CCCC[C@@H]2N1C1CCNCC1. The third-order valence-corrected chi connectivity index (χ3v) is 11.9. The maximum Gasteiger partial charge on any atom is 0.410 e. The number of carbonyl (C=O) groups excluding carboxylic acids is 3. The van der Waals surface area contributed by atoms with E-state index >= 15 is 0 Å². The van der Waals surface area contributed by atoms with Gasteiger partial charge in [0.15, 0.2) is 0 Å². The van der Waals surface area contributed by atoms with Crippen LogP contribution in [0.15, 0.2) is 0 Å². The Morgan fingerprint density at radius 3 is 1.67 bits per heavy atom. The lowest BCUT2D eigenvalue weighted by Crippen LogP contribution is -2.59. The smallest absolute Gasteiger partial charge is 0.410 e. The van der Waals surface area contributed by atoms with Crippen LogP contribution in [0.4, 0.5) is 14.4 Å². The van der Waals surface area contributed by atoms with Crippen LogP contribution < -0.4 is 5.32 Å². The molecule has 4 atom stereocenters. The molecule has 260 valence electrons. The van der Waals surface area contributed by atoms with Crippen LogP contribution in [0.2, 0.25) is 0 Å². The van der Waals surface area contributed by atoms with Crippen LogP contribution >= 0.6 is 0 Å². The molecule has 0 spiro atoms. The molecule has 46 heavy (non-hydrogen) atoms. The molecule has 5 aliphatic heterocycles. The highest BCUT2D eigenvalue weighted by molar-refractivity contribution is 5.70. The normalized spacial score (nSPS) is 32.1. The number of likely N-dealkylation sites (tertiary alicyclic amines) is 2. The Morgan fingerprint density at radius 2 is 1.15 bits per heavy atom. The lowest BCUT2D eigenvalue weighted by atomic mass is 9.82. The highest BCUT2D eigenvalue weighted by atomic mass is 16.6. The Balaban J connectivity index is 0.000000185. The quantitative estimate of drug-likeness (QED) is 0.415. The molecule has 0 aromatic carbocycles. The first kappa shape index (κ1) is 33.6. The summed E-state index contributed by atoms with van der Waals surface area (Å²) >= 11 is 0. The van der Waals surface area contributed by atoms with Crippen molar-refractivity contribution in [3.8, 4) is 0 Å². The van der Waals surface area contributed by atoms with Crippen molar-refractivity contribution in [2.24, 2.45) is 11.8 Å². The van der Waals surface area contributed by atoms with Gasteiger partial charge in [0.05, 0.1) is 19.3 Å². The van der Waals surface area contributed by atoms with E-state index < -0.39 is 0 Å². The van der Waals surface area contributed by atoms with Gasteiger partial charge in [0.1, 0.15) is 0 Å². The Morgan fingerprint density at radius 1 is 0.674 bits per heavy atom. The number of nitrogens with zero attached hydrogens (tertiary/aromatic N) is 4. The number of fused-ring (bicyclic) bond motifs is 2. The van der Waals surface area contributed by atoms with E-state index in [0.29, 0.717) is 55.3 Å². The Hall–Kier alpha value is -2.27. The van der Waals surface area contributed by atoms with Gasteiger partial charge < -0.3 is 39.1 Å². The second kappa shape index (κ2) is 15.8. The van der Waals surface area contributed by atoms with Crippen LogP contribution in [0, 0.1) is 11.8 Å². The average molecular weight is 646 g/mol. The molecule has 1 N–H and O–H groups in total. The molecular formula is C35H59N5O6. The van der Waals surface area contributed by atoms with Gasteiger partial charge in [-0.3, -0.25) is 0 Å². The van der Waals surface area contributed by atoms with Crippen LogP contribution in [-0.4, -0.2) is 127 Å². The average Bonchev–Trinajstić information content (AvgIpc) is 3.09. The minimum absolute atomic E-state index is 0.0555. The fourth-order valence-electron chi connectivity index (χ4n) is 9.42. The van der Waals surface area contributed by atoms with E-state index in [0.717, 1.165) is 84.2 Å². The lowest BCUT2D eigenvalue weighted by Gasteiger charge is -2.49. The molecule has 0 bridgehead atoms. The second-order valence-electron chi connectivity index (χ2n) is 15.1. The molecular weight excluding hydrogens is 586 g/mol. The van der Waals surface area contributed by atoms with E-state index in [4.69, 9.17) is 14.2 Å². The standard InChI is InChI=1S/C22H37N3O4.C13H22N2O2/c1-16(2)29-21(26)24-13-7-18(8-14-24)23-11-9-19(10-12-23)25-20-6-4-3-5-17(20)15-28-22(25)27;16-13-15(11-5-7-14-8-6-11)12-4-2-1-3-10(12)9-17-13/h16-20H,3-15H2,1-2H3;10-12,14H,1-9H2/t17-,20+;10-,12+/m11/s1. The highest BCUT2D eigenvalue weighted by Gasteiger charge is 2.44. The van der Waals surface area contributed by atoms with Crippen LogP contribution in [-0.2, 0) is 14.2 Å². The highest BCUT2D eigenvalue weighted by Crippen LogP contribution is 2.37.